The molecule has 1 fully saturated rings. The topological polar surface area (TPSA) is 77.8 Å². The van der Waals surface area contributed by atoms with E-state index < -0.39 is 5.54 Å². The van der Waals surface area contributed by atoms with Crippen molar-refractivity contribution in [1.82, 2.24) is 10.3 Å². The van der Waals surface area contributed by atoms with Crippen molar-refractivity contribution in [2.75, 3.05) is 36.8 Å². The molecule has 1 atom stereocenters. The Morgan fingerprint density at radius 1 is 1.45 bits per heavy atom. The lowest BCUT2D eigenvalue weighted by atomic mass is 10.0. The molecule has 3 rings (SSSR count). The fraction of sp³-hybridized carbons (Fsp3) is 0.533. The van der Waals surface area contributed by atoms with Crippen LogP contribution in [0.25, 0.3) is 0 Å². The Hall–Kier alpha value is -1.60. The van der Waals surface area contributed by atoms with Gasteiger partial charge in [0.15, 0.2) is 5.78 Å². The van der Waals surface area contributed by atoms with Crippen molar-refractivity contribution in [2.24, 2.45) is 4.99 Å². The van der Waals surface area contributed by atoms with Crippen molar-refractivity contribution in [1.29, 1.82) is 0 Å². The first-order valence-electron chi connectivity index (χ1n) is 7.38. The number of nitrogens with one attached hydrogen (secondary N) is 1. The summed E-state index contributed by atoms with van der Waals surface area (Å²) in [5.74, 6) is 0.750. The van der Waals surface area contributed by atoms with Crippen LogP contribution in [0, 0.1) is 0 Å². The molecule has 0 amide bonds. The summed E-state index contributed by atoms with van der Waals surface area (Å²) in [5, 5.41) is 14.2. The predicted molar refractivity (Wildman–Crippen MR) is 89.1 cm³/mol. The van der Waals surface area contributed by atoms with Crippen LogP contribution in [0.5, 0.6) is 5.75 Å². The van der Waals surface area contributed by atoms with Gasteiger partial charge in [0, 0.05) is 38.0 Å². The average Bonchev–Trinajstić information content (AvgIpc) is 2.92. The third-order valence-electron chi connectivity index (χ3n) is 4.13. The average molecular weight is 320 g/mol. The third kappa shape index (κ3) is 2.83. The van der Waals surface area contributed by atoms with Gasteiger partial charge < -0.3 is 15.3 Å². The second-order valence-corrected chi connectivity index (χ2v) is 6.80. The molecule has 0 spiro atoms. The van der Waals surface area contributed by atoms with E-state index in [1.807, 2.05) is 6.92 Å². The van der Waals surface area contributed by atoms with Crippen molar-refractivity contribution in [3.63, 3.8) is 0 Å². The monoisotopic (exact) mass is 320 g/mol. The lowest BCUT2D eigenvalue weighted by molar-refractivity contribution is -0.120. The zero-order valence-electron chi connectivity index (χ0n) is 12.8. The molecule has 1 aromatic heterocycles. The van der Waals surface area contributed by atoms with Crippen LogP contribution in [0.3, 0.4) is 0 Å². The molecular formula is C15H20N4O2S. The molecule has 1 aromatic rings. The largest absolute Gasteiger partial charge is 0.506 e. The second-order valence-electron chi connectivity index (χ2n) is 5.83. The number of Topliss-reactive ketones (excluding diaryl/α,β-unsaturated/α-hetero) is 1. The Bertz CT molecular complexity index is 628. The smallest absolute Gasteiger partial charge is 0.157 e. The van der Waals surface area contributed by atoms with Crippen molar-refractivity contribution in [3.05, 3.63) is 18.0 Å². The summed E-state index contributed by atoms with van der Waals surface area (Å²) < 4.78 is 0. The Balaban J connectivity index is 1.85. The molecule has 7 heteroatoms. The summed E-state index contributed by atoms with van der Waals surface area (Å²) in [4.78, 5) is 22.7. The highest BCUT2D eigenvalue weighted by Crippen LogP contribution is 2.34. The highest BCUT2D eigenvalue weighted by Gasteiger charge is 2.36. The summed E-state index contributed by atoms with van der Waals surface area (Å²) >= 11 is 1.47. The minimum Gasteiger partial charge on any atom is -0.506 e. The molecule has 0 radical (unpaired) electrons. The van der Waals surface area contributed by atoms with Gasteiger partial charge in [-0.1, -0.05) is 0 Å². The van der Waals surface area contributed by atoms with E-state index in [9.17, 15) is 9.90 Å². The van der Waals surface area contributed by atoms with Gasteiger partial charge in [-0.05, 0) is 13.8 Å². The molecule has 3 heterocycles. The zero-order chi connectivity index (χ0) is 15.7. The van der Waals surface area contributed by atoms with Gasteiger partial charge in [0.05, 0.1) is 11.9 Å². The van der Waals surface area contributed by atoms with Crippen LogP contribution in [0.4, 0.5) is 5.69 Å². The predicted octanol–water partition coefficient (Wildman–Crippen LogP) is 1.04. The molecule has 0 bridgehead atoms. The number of carbonyl (C=O) groups is 1. The lowest BCUT2D eigenvalue weighted by Gasteiger charge is -2.29. The van der Waals surface area contributed by atoms with Gasteiger partial charge in [-0.15, -0.1) is 11.8 Å². The minimum atomic E-state index is -0.703. The molecule has 118 valence electrons. The minimum absolute atomic E-state index is 0.0342. The number of hydrogen-bond acceptors (Lipinski definition) is 7. The number of aliphatic imine (C=N–C) groups is 1. The fourth-order valence-corrected chi connectivity index (χ4v) is 3.75. The van der Waals surface area contributed by atoms with Gasteiger partial charge in [-0.25, -0.2) is 4.98 Å². The number of nitrogens with zero attached hydrogens (tertiary/aromatic N) is 3. The van der Waals surface area contributed by atoms with Gasteiger partial charge in [0.25, 0.3) is 0 Å². The number of aromatic nitrogens is 1. The van der Waals surface area contributed by atoms with Crippen LogP contribution >= 0.6 is 11.8 Å². The maximum absolute atomic E-state index is 11.7. The van der Waals surface area contributed by atoms with Crippen molar-refractivity contribution < 1.29 is 9.90 Å². The third-order valence-corrected chi connectivity index (χ3v) is 5.40. The van der Waals surface area contributed by atoms with E-state index in [1.54, 1.807) is 19.2 Å². The lowest BCUT2D eigenvalue weighted by Crippen LogP contribution is -2.43. The first-order valence-corrected chi connectivity index (χ1v) is 8.37. The number of ketones is 1. The van der Waals surface area contributed by atoms with E-state index in [2.05, 4.69) is 20.2 Å². The highest BCUT2D eigenvalue weighted by atomic mass is 32.2. The molecular weight excluding hydrogens is 300 g/mol. The Labute approximate surface area is 134 Å². The van der Waals surface area contributed by atoms with Crippen molar-refractivity contribution in [3.8, 4) is 5.75 Å². The summed E-state index contributed by atoms with van der Waals surface area (Å²) in [6.07, 6.45) is 1.77. The maximum atomic E-state index is 11.7. The zero-order valence-corrected chi connectivity index (χ0v) is 13.6. The number of aromatic hydroxyl groups is 1. The van der Waals surface area contributed by atoms with Gasteiger partial charge in [0.2, 0.25) is 0 Å². The number of pyridine rings is 1. The first kappa shape index (κ1) is 15.3. The second kappa shape index (κ2) is 5.89. The van der Waals surface area contributed by atoms with Gasteiger partial charge in [0.1, 0.15) is 22.0 Å². The van der Waals surface area contributed by atoms with E-state index in [0.29, 0.717) is 16.5 Å². The number of carbonyl (C=O) groups excluding carboxylic acids is 1. The molecule has 0 aromatic carbocycles. The Morgan fingerprint density at radius 3 is 2.77 bits per heavy atom. The molecule has 1 saturated heterocycles. The van der Waals surface area contributed by atoms with E-state index in [-0.39, 0.29) is 11.5 Å². The quantitative estimate of drug-likeness (QED) is 0.866. The van der Waals surface area contributed by atoms with E-state index in [0.717, 1.165) is 31.9 Å². The number of anilines is 1. The molecule has 0 aliphatic carbocycles. The normalized spacial score (nSPS) is 25.2. The standard InChI is InChI=1S/C15H20N4O2S/c1-10(20)15(2)9-22-14(18-15)13-12(21)7-11(8-17-13)19-5-3-16-4-6-19/h7-8,16,21H,3-6,9H2,1-2H3/t15-/m1/s1. The molecule has 6 nitrogen and oxygen atoms in total. The molecule has 2 aliphatic heterocycles. The Kier molecular flexibility index (Phi) is 4.10. The van der Waals surface area contributed by atoms with Crippen LogP contribution < -0.4 is 10.2 Å². The van der Waals surface area contributed by atoms with E-state index in [4.69, 9.17) is 0 Å². The number of hydrogen-bond donors (Lipinski definition) is 2. The highest BCUT2D eigenvalue weighted by molar-refractivity contribution is 8.14. The molecule has 2 aliphatic rings. The van der Waals surface area contributed by atoms with Gasteiger partial charge in [-0.3, -0.25) is 9.79 Å². The van der Waals surface area contributed by atoms with Gasteiger partial charge in [-0.2, -0.15) is 0 Å². The number of thioether (sulfide) groups is 1. The Morgan fingerprint density at radius 2 is 2.18 bits per heavy atom. The summed E-state index contributed by atoms with van der Waals surface area (Å²) in [7, 11) is 0. The van der Waals surface area contributed by atoms with Crippen LogP contribution in [-0.2, 0) is 4.79 Å². The fourth-order valence-electron chi connectivity index (χ4n) is 2.50. The molecule has 0 saturated carbocycles. The molecule has 2 N–H and O–H groups in total. The van der Waals surface area contributed by atoms with Crippen molar-refractivity contribution >= 4 is 28.3 Å². The summed E-state index contributed by atoms with van der Waals surface area (Å²) in [5.41, 5.74) is 0.681. The van der Waals surface area contributed by atoms with Crippen LogP contribution in [0.15, 0.2) is 17.3 Å². The van der Waals surface area contributed by atoms with Gasteiger partial charge >= 0.3 is 0 Å². The van der Waals surface area contributed by atoms with Crippen LogP contribution in [0.2, 0.25) is 0 Å². The van der Waals surface area contributed by atoms with E-state index in [1.165, 1.54) is 11.8 Å². The SMILES string of the molecule is CC(=O)[C@@]1(C)CSC(c2ncc(N3CCNCC3)cc2O)=N1. The van der Waals surface area contributed by atoms with E-state index >= 15 is 0 Å². The number of piperazine rings is 1. The first-order chi connectivity index (χ1) is 10.5. The summed E-state index contributed by atoms with van der Waals surface area (Å²) in [6, 6.07) is 1.74. The van der Waals surface area contributed by atoms with Crippen LogP contribution in [-0.4, -0.2) is 58.4 Å². The van der Waals surface area contributed by atoms with Crippen LogP contribution in [0.1, 0.15) is 19.5 Å². The molecule has 0 unspecified atom stereocenters. The summed E-state index contributed by atoms with van der Waals surface area (Å²) in [6.45, 7) is 7.04. The number of rotatable bonds is 3. The molecule has 22 heavy (non-hydrogen) atoms. The maximum Gasteiger partial charge on any atom is 0.157 e. The van der Waals surface area contributed by atoms with Crippen molar-refractivity contribution in [2.45, 2.75) is 19.4 Å².